The van der Waals surface area contributed by atoms with Gasteiger partial charge in [0.2, 0.25) is 5.91 Å². The van der Waals surface area contributed by atoms with Crippen molar-refractivity contribution < 1.29 is 19.1 Å². The van der Waals surface area contributed by atoms with Gasteiger partial charge in [0, 0.05) is 29.6 Å². The first-order valence-electron chi connectivity index (χ1n) is 7.54. The Morgan fingerprint density at radius 1 is 1.17 bits per heavy atom. The number of likely N-dealkylation sites (tertiary alicyclic amines) is 1. The van der Waals surface area contributed by atoms with E-state index in [2.05, 4.69) is 27.9 Å². The third-order valence-electron chi connectivity index (χ3n) is 3.80. The van der Waals surface area contributed by atoms with Crippen LogP contribution in [0.15, 0.2) is 12.1 Å². The van der Waals surface area contributed by atoms with Gasteiger partial charge in [0.15, 0.2) is 11.5 Å². The van der Waals surface area contributed by atoms with E-state index in [4.69, 9.17) is 9.47 Å². The Bertz CT molecular complexity index is 586. The van der Waals surface area contributed by atoms with Gasteiger partial charge in [-0.3, -0.25) is 9.59 Å². The van der Waals surface area contributed by atoms with E-state index in [1.807, 2.05) is 4.90 Å². The zero-order valence-corrected chi connectivity index (χ0v) is 15.5. The summed E-state index contributed by atoms with van der Waals surface area (Å²) >= 11 is 2.08. The Kier molecular flexibility index (Phi) is 6.49. The Balaban J connectivity index is 1.93. The van der Waals surface area contributed by atoms with Crippen molar-refractivity contribution in [1.29, 1.82) is 0 Å². The smallest absolute Gasteiger partial charge is 0.252 e. The SMILES string of the molecule is COc1cc(I)c(C(=O)NCCC(=O)N2CCCC2)cc1OC. The number of halogens is 1. The van der Waals surface area contributed by atoms with E-state index in [-0.39, 0.29) is 11.8 Å². The van der Waals surface area contributed by atoms with Crippen molar-refractivity contribution in [2.75, 3.05) is 33.9 Å². The van der Waals surface area contributed by atoms with Crippen LogP contribution in [0.1, 0.15) is 29.6 Å². The number of amides is 2. The third-order valence-corrected chi connectivity index (χ3v) is 4.69. The van der Waals surface area contributed by atoms with E-state index >= 15 is 0 Å². The van der Waals surface area contributed by atoms with Crippen molar-refractivity contribution in [1.82, 2.24) is 10.2 Å². The number of ether oxygens (including phenoxy) is 2. The lowest BCUT2D eigenvalue weighted by Crippen LogP contribution is -2.32. The Labute approximate surface area is 149 Å². The Morgan fingerprint density at radius 2 is 1.78 bits per heavy atom. The van der Waals surface area contributed by atoms with Crippen LogP contribution in [0.3, 0.4) is 0 Å². The summed E-state index contributed by atoms with van der Waals surface area (Å²) in [5.41, 5.74) is 0.511. The number of benzene rings is 1. The van der Waals surface area contributed by atoms with Crippen molar-refractivity contribution in [3.05, 3.63) is 21.3 Å². The van der Waals surface area contributed by atoms with Gasteiger partial charge in [-0.25, -0.2) is 0 Å². The molecule has 0 atom stereocenters. The van der Waals surface area contributed by atoms with E-state index in [1.165, 1.54) is 7.11 Å². The van der Waals surface area contributed by atoms with Crippen LogP contribution in [-0.2, 0) is 4.79 Å². The molecule has 0 spiro atoms. The predicted octanol–water partition coefficient (Wildman–Crippen LogP) is 2.05. The Morgan fingerprint density at radius 3 is 2.39 bits per heavy atom. The molecule has 0 unspecified atom stereocenters. The molecule has 1 aromatic carbocycles. The zero-order chi connectivity index (χ0) is 16.8. The van der Waals surface area contributed by atoms with Gasteiger partial charge in [-0.2, -0.15) is 0 Å². The first-order chi connectivity index (χ1) is 11.1. The molecule has 1 aliphatic rings. The van der Waals surface area contributed by atoms with E-state index in [0.717, 1.165) is 29.5 Å². The summed E-state index contributed by atoms with van der Waals surface area (Å²) in [7, 11) is 3.08. The van der Waals surface area contributed by atoms with Gasteiger partial charge in [-0.05, 0) is 47.6 Å². The van der Waals surface area contributed by atoms with Gasteiger partial charge in [0.05, 0.1) is 19.8 Å². The molecule has 6 nitrogen and oxygen atoms in total. The highest BCUT2D eigenvalue weighted by atomic mass is 127. The van der Waals surface area contributed by atoms with Crippen LogP contribution in [0, 0.1) is 3.57 Å². The van der Waals surface area contributed by atoms with Crippen molar-refractivity contribution in [2.45, 2.75) is 19.3 Å². The minimum Gasteiger partial charge on any atom is -0.493 e. The normalized spacial score (nSPS) is 13.8. The molecule has 126 valence electrons. The standard InChI is InChI=1S/C16H21IN2O4/c1-22-13-9-11(12(17)10-14(13)23-2)16(21)18-6-5-15(20)19-7-3-4-8-19/h9-10H,3-8H2,1-2H3,(H,18,21). The Hall–Kier alpha value is -1.51. The second-order valence-electron chi connectivity index (χ2n) is 5.28. The lowest BCUT2D eigenvalue weighted by atomic mass is 10.2. The lowest BCUT2D eigenvalue weighted by Gasteiger charge is -2.15. The molecule has 0 radical (unpaired) electrons. The molecule has 2 rings (SSSR count). The van der Waals surface area contributed by atoms with Crippen LogP contribution in [-0.4, -0.2) is 50.6 Å². The van der Waals surface area contributed by atoms with Crippen LogP contribution in [0.5, 0.6) is 11.5 Å². The van der Waals surface area contributed by atoms with Gasteiger partial charge in [0.25, 0.3) is 5.91 Å². The first-order valence-corrected chi connectivity index (χ1v) is 8.62. The van der Waals surface area contributed by atoms with Gasteiger partial charge >= 0.3 is 0 Å². The van der Waals surface area contributed by atoms with E-state index < -0.39 is 0 Å². The van der Waals surface area contributed by atoms with E-state index in [9.17, 15) is 9.59 Å². The molecule has 1 saturated heterocycles. The number of hydrogen-bond acceptors (Lipinski definition) is 4. The molecule has 0 aromatic heterocycles. The van der Waals surface area contributed by atoms with Crippen LogP contribution in [0.4, 0.5) is 0 Å². The van der Waals surface area contributed by atoms with Crippen molar-refractivity contribution in [3.63, 3.8) is 0 Å². The molecular formula is C16H21IN2O4. The average Bonchev–Trinajstić information content (AvgIpc) is 3.08. The van der Waals surface area contributed by atoms with E-state index in [0.29, 0.717) is 30.0 Å². The summed E-state index contributed by atoms with van der Waals surface area (Å²) in [6.45, 7) is 2.00. The van der Waals surface area contributed by atoms with Gasteiger partial charge in [-0.1, -0.05) is 0 Å². The highest BCUT2D eigenvalue weighted by Gasteiger charge is 2.19. The summed E-state index contributed by atoms with van der Waals surface area (Å²) in [5, 5.41) is 2.80. The number of rotatable bonds is 6. The molecule has 1 aliphatic heterocycles. The average molecular weight is 432 g/mol. The fourth-order valence-electron chi connectivity index (χ4n) is 2.53. The highest BCUT2D eigenvalue weighted by Crippen LogP contribution is 2.31. The first kappa shape index (κ1) is 17.8. The third kappa shape index (κ3) is 4.49. The lowest BCUT2D eigenvalue weighted by molar-refractivity contribution is -0.129. The molecule has 1 heterocycles. The summed E-state index contributed by atoms with van der Waals surface area (Å²) in [4.78, 5) is 26.1. The molecule has 0 saturated carbocycles. The number of nitrogens with zero attached hydrogens (tertiary/aromatic N) is 1. The highest BCUT2D eigenvalue weighted by molar-refractivity contribution is 14.1. The maximum absolute atomic E-state index is 12.3. The number of methoxy groups -OCH3 is 2. The summed E-state index contributed by atoms with van der Waals surface area (Å²) in [5.74, 6) is 0.971. The molecule has 0 bridgehead atoms. The van der Waals surface area contributed by atoms with Crippen LogP contribution in [0.2, 0.25) is 0 Å². The topological polar surface area (TPSA) is 67.9 Å². The molecule has 1 aromatic rings. The minimum atomic E-state index is -0.218. The van der Waals surface area contributed by atoms with Crippen molar-refractivity contribution in [2.24, 2.45) is 0 Å². The number of nitrogens with one attached hydrogen (secondary N) is 1. The number of carbonyl (C=O) groups excluding carboxylic acids is 2. The summed E-state index contributed by atoms with van der Waals surface area (Å²) < 4.78 is 11.2. The molecule has 0 aliphatic carbocycles. The fourth-order valence-corrected chi connectivity index (χ4v) is 3.21. The molecular weight excluding hydrogens is 411 g/mol. The molecule has 7 heteroatoms. The molecule has 23 heavy (non-hydrogen) atoms. The zero-order valence-electron chi connectivity index (χ0n) is 13.4. The number of hydrogen-bond donors (Lipinski definition) is 1. The number of carbonyl (C=O) groups is 2. The van der Waals surface area contributed by atoms with Gasteiger partial charge in [0.1, 0.15) is 0 Å². The van der Waals surface area contributed by atoms with E-state index in [1.54, 1.807) is 19.2 Å². The summed E-state index contributed by atoms with van der Waals surface area (Å²) in [6, 6.07) is 3.40. The van der Waals surface area contributed by atoms with Crippen molar-refractivity contribution in [3.8, 4) is 11.5 Å². The molecule has 1 fully saturated rings. The molecule has 2 amide bonds. The quantitative estimate of drug-likeness (QED) is 0.699. The van der Waals surface area contributed by atoms with Gasteiger partial charge < -0.3 is 19.7 Å². The minimum absolute atomic E-state index is 0.102. The van der Waals surface area contributed by atoms with Crippen molar-refractivity contribution >= 4 is 34.4 Å². The predicted molar refractivity (Wildman–Crippen MR) is 95.0 cm³/mol. The maximum Gasteiger partial charge on any atom is 0.252 e. The monoisotopic (exact) mass is 432 g/mol. The maximum atomic E-state index is 12.3. The second-order valence-corrected chi connectivity index (χ2v) is 6.44. The molecule has 1 N–H and O–H groups in total. The van der Waals surface area contributed by atoms with Crippen LogP contribution >= 0.6 is 22.6 Å². The van der Waals surface area contributed by atoms with Crippen LogP contribution < -0.4 is 14.8 Å². The largest absolute Gasteiger partial charge is 0.493 e. The van der Waals surface area contributed by atoms with Gasteiger partial charge in [-0.15, -0.1) is 0 Å². The van der Waals surface area contributed by atoms with Crippen LogP contribution in [0.25, 0.3) is 0 Å². The fraction of sp³-hybridized carbons (Fsp3) is 0.500. The second kappa shape index (κ2) is 8.37. The summed E-state index contributed by atoms with van der Waals surface area (Å²) in [6.07, 6.45) is 2.47.